The van der Waals surface area contributed by atoms with Gasteiger partial charge in [-0.3, -0.25) is 0 Å². The van der Waals surface area contributed by atoms with Crippen LogP contribution in [0, 0.1) is 0 Å². The predicted octanol–water partition coefficient (Wildman–Crippen LogP) is -9.85. The monoisotopic (exact) mass is 785 g/mol. The molecule has 0 atom stereocenters. The minimum absolute atomic E-state index is 0. The summed E-state index contributed by atoms with van der Waals surface area (Å²) in [7, 11) is 0. The van der Waals surface area contributed by atoms with Crippen LogP contribution >= 0.6 is 0 Å². The largest absolute Gasteiger partial charge is 4.00 e. The molecule has 0 bridgehead atoms. The molecule has 0 amide bonds. The molecule has 0 saturated carbocycles. The molecule has 0 spiro atoms. The van der Waals surface area contributed by atoms with E-state index in [1.165, 1.54) is 0 Å². The van der Waals surface area contributed by atoms with Crippen molar-refractivity contribution in [2.24, 2.45) is 0 Å². The normalized spacial score (nSPS) is 4.00. The van der Waals surface area contributed by atoms with Gasteiger partial charge in [0.05, 0.1) is 0 Å². The average molecular weight is 785 g/mol. The Morgan fingerprint density at radius 2 is 0.909 bits per heavy atom. The van der Waals surface area contributed by atoms with Crippen LogP contribution in [0.4, 0.5) is 0 Å². The maximum absolute atomic E-state index is 3.55. The molecule has 0 radical (unpaired) electrons. The first-order valence-corrected chi connectivity index (χ1v) is 2.13. The molecule has 11 heavy (non-hydrogen) atoms. The maximum atomic E-state index is 3.55. The summed E-state index contributed by atoms with van der Waals surface area (Å²) in [5.74, 6) is 0. The van der Waals surface area contributed by atoms with Gasteiger partial charge in [0.25, 0.3) is 0 Å². The summed E-state index contributed by atoms with van der Waals surface area (Å²) in [6.45, 7) is 7.10. The summed E-state index contributed by atoms with van der Waals surface area (Å²) in [4.78, 5) is 0. The second-order valence-corrected chi connectivity index (χ2v) is 1.15. The fourth-order valence-corrected chi connectivity index (χ4v) is 0.236. The summed E-state index contributed by atoms with van der Waals surface area (Å²) in [6, 6.07) is 0. The van der Waals surface area contributed by atoms with Crippen molar-refractivity contribution in [2.75, 3.05) is 0 Å². The van der Waals surface area contributed by atoms with Crippen LogP contribution in [0.2, 0.25) is 0 Å². The third-order valence-corrected chi connectivity index (χ3v) is 0.575. The van der Waals surface area contributed by atoms with E-state index < -0.39 is 0 Å². The van der Waals surface area contributed by atoms with Gasteiger partial charge in [0.2, 0.25) is 0 Å². The zero-order chi connectivity index (χ0) is 4.83. The molecule has 0 aliphatic rings. The Morgan fingerprint density at radius 1 is 0.727 bits per heavy atom. The van der Waals surface area contributed by atoms with Gasteiger partial charge in [0.15, 0.2) is 0 Å². The molecular weight excluding hydrogens is 775 g/mol. The summed E-state index contributed by atoms with van der Waals surface area (Å²) < 4.78 is 0. The SMILES string of the molecule is C=CCCC=C.[I-].[I-].[I-].[I-].[Pt+4]. The van der Waals surface area contributed by atoms with Crippen molar-refractivity contribution in [3.63, 3.8) is 0 Å². The minimum Gasteiger partial charge on any atom is -1.00 e. The van der Waals surface area contributed by atoms with Gasteiger partial charge in [-0.1, -0.05) is 12.2 Å². The first-order chi connectivity index (χ1) is 2.91. The summed E-state index contributed by atoms with van der Waals surface area (Å²) in [6.07, 6.45) is 5.90. The Balaban J connectivity index is -0.0000000125. The molecule has 0 fully saturated rings. The number of halogens is 4. The molecule has 0 N–H and O–H groups in total. The molecule has 0 aliphatic heterocycles. The van der Waals surface area contributed by atoms with Gasteiger partial charge in [-0.2, -0.15) is 0 Å². The van der Waals surface area contributed by atoms with Crippen LogP contribution in [0.3, 0.4) is 0 Å². The van der Waals surface area contributed by atoms with E-state index >= 15 is 0 Å². The number of allylic oxidation sites excluding steroid dienone is 2. The van der Waals surface area contributed by atoms with Crippen LogP contribution in [0.1, 0.15) is 12.8 Å². The molecule has 0 nitrogen and oxygen atoms in total. The van der Waals surface area contributed by atoms with Crippen molar-refractivity contribution in [1.82, 2.24) is 0 Å². The fourth-order valence-electron chi connectivity index (χ4n) is 0.236. The van der Waals surface area contributed by atoms with E-state index in [0.29, 0.717) is 0 Å². The number of hydrogen-bond acceptors (Lipinski definition) is 0. The summed E-state index contributed by atoms with van der Waals surface area (Å²) in [5, 5.41) is 0. The van der Waals surface area contributed by atoms with E-state index in [4.69, 9.17) is 0 Å². The first kappa shape index (κ1) is 36.9. The van der Waals surface area contributed by atoms with E-state index in [-0.39, 0.29) is 117 Å². The molecule has 0 aromatic carbocycles. The predicted molar refractivity (Wildman–Crippen MR) is 29.6 cm³/mol. The van der Waals surface area contributed by atoms with Crippen molar-refractivity contribution >= 4 is 0 Å². The molecule has 72 valence electrons. The van der Waals surface area contributed by atoms with Crippen LogP contribution in [-0.4, -0.2) is 0 Å². The second-order valence-electron chi connectivity index (χ2n) is 1.15. The zero-order valence-electron chi connectivity index (χ0n) is 5.81. The van der Waals surface area contributed by atoms with E-state index in [1.807, 2.05) is 12.2 Å². The van der Waals surface area contributed by atoms with Crippen LogP contribution < -0.4 is 95.9 Å². The van der Waals surface area contributed by atoms with Gasteiger partial charge in [0.1, 0.15) is 0 Å². The summed E-state index contributed by atoms with van der Waals surface area (Å²) in [5.41, 5.74) is 0. The Hall–Kier alpha value is 3.09. The summed E-state index contributed by atoms with van der Waals surface area (Å²) >= 11 is 0. The second kappa shape index (κ2) is 38.1. The van der Waals surface area contributed by atoms with E-state index in [1.54, 1.807) is 0 Å². The molecule has 5 heteroatoms. The van der Waals surface area contributed by atoms with Crippen molar-refractivity contribution < 1.29 is 117 Å². The third kappa shape index (κ3) is 43.4. The molecule has 0 aromatic heterocycles. The van der Waals surface area contributed by atoms with Crippen LogP contribution in [0.25, 0.3) is 0 Å². The quantitative estimate of drug-likeness (QED) is 0.152. The topological polar surface area (TPSA) is 0 Å². The first-order valence-electron chi connectivity index (χ1n) is 2.13. The number of unbranched alkanes of at least 4 members (excludes halogenated alkanes) is 1. The molecule has 0 saturated heterocycles. The Bertz CT molecular complexity index is 50.5. The molecule has 0 aromatic rings. The van der Waals surface area contributed by atoms with E-state index in [0.717, 1.165) is 12.8 Å². The average Bonchev–Trinajstić information content (AvgIpc) is 1.61. The van der Waals surface area contributed by atoms with Crippen LogP contribution in [-0.2, 0) is 21.1 Å². The molecule has 0 heterocycles. The third-order valence-electron chi connectivity index (χ3n) is 0.575. The smallest absolute Gasteiger partial charge is 1.00 e. The number of rotatable bonds is 3. The van der Waals surface area contributed by atoms with Gasteiger partial charge < -0.3 is 95.9 Å². The zero-order valence-corrected chi connectivity index (χ0v) is 16.7. The van der Waals surface area contributed by atoms with Gasteiger partial charge in [0, 0.05) is 0 Å². The van der Waals surface area contributed by atoms with Gasteiger partial charge in [-0.15, -0.1) is 13.2 Å². The van der Waals surface area contributed by atoms with Crippen molar-refractivity contribution in [1.29, 1.82) is 0 Å². The Morgan fingerprint density at radius 3 is 1.00 bits per heavy atom. The van der Waals surface area contributed by atoms with Gasteiger partial charge in [-0.05, 0) is 12.8 Å². The number of hydrogen-bond donors (Lipinski definition) is 0. The Kier molecular flexibility index (Phi) is 128. The van der Waals surface area contributed by atoms with Crippen LogP contribution in [0.5, 0.6) is 0 Å². The van der Waals surface area contributed by atoms with Gasteiger partial charge >= 0.3 is 21.1 Å². The maximum Gasteiger partial charge on any atom is 4.00 e. The van der Waals surface area contributed by atoms with Crippen molar-refractivity contribution in [3.8, 4) is 0 Å². The van der Waals surface area contributed by atoms with Crippen LogP contribution in [0.15, 0.2) is 25.3 Å². The molecule has 0 aliphatic carbocycles. The molecule has 0 rings (SSSR count). The Labute approximate surface area is 152 Å². The standard InChI is InChI=1S/C6H10.4HI.Pt/c1-3-5-6-4-2;;;;;/h3-4H,1-2,5-6H2;4*1H;/q;;;;;+4/p-4. The van der Waals surface area contributed by atoms with Crippen molar-refractivity contribution in [2.45, 2.75) is 12.8 Å². The van der Waals surface area contributed by atoms with Gasteiger partial charge in [-0.25, -0.2) is 0 Å². The molecular formula is C6H10I4Pt. The minimum atomic E-state index is 0. The van der Waals surface area contributed by atoms with Crippen molar-refractivity contribution in [3.05, 3.63) is 25.3 Å². The fraction of sp³-hybridized carbons (Fsp3) is 0.333. The van der Waals surface area contributed by atoms with E-state index in [9.17, 15) is 0 Å². The molecule has 0 unspecified atom stereocenters. The van der Waals surface area contributed by atoms with E-state index in [2.05, 4.69) is 13.2 Å².